The highest BCUT2D eigenvalue weighted by molar-refractivity contribution is 5.97. The molecule has 8 heteroatoms. The molecule has 0 saturated heterocycles. The highest BCUT2D eigenvalue weighted by Crippen LogP contribution is 2.40. The number of benzene rings is 2. The smallest absolute Gasteiger partial charge is 0.407 e. The third-order valence-electron chi connectivity index (χ3n) is 6.55. The number of ether oxygens (including phenoxy) is 2. The Morgan fingerprint density at radius 2 is 1.69 bits per heavy atom. The monoisotopic (exact) mass is 493 g/mol. The van der Waals surface area contributed by atoms with E-state index in [1.807, 2.05) is 30.3 Å². The van der Waals surface area contributed by atoms with Crippen molar-refractivity contribution in [2.75, 3.05) is 26.7 Å². The van der Waals surface area contributed by atoms with E-state index < -0.39 is 6.09 Å². The predicted molar refractivity (Wildman–Crippen MR) is 138 cm³/mol. The van der Waals surface area contributed by atoms with Gasteiger partial charge in [-0.25, -0.2) is 4.79 Å². The Bertz CT molecular complexity index is 1030. The Kier molecular flexibility index (Phi) is 9.92. The maximum Gasteiger partial charge on any atom is 0.407 e. The molecule has 3 N–H and O–H groups in total. The number of para-hydroxylation sites is 1. The highest BCUT2D eigenvalue weighted by Gasteiger charge is 2.38. The molecule has 0 unspecified atom stereocenters. The molecule has 0 aliphatic heterocycles. The van der Waals surface area contributed by atoms with E-state index in [0.29, 0.717) is 37.2 Å². The van der Waals surface area contributed by atoms with Crippen LogP contribution >= 0.6 is 0 Å². The third-order valence-corrected chi connectivity index (χ3v) is 6.55. The standard InChI is InChI=1S/C28H35N3O5/c1-3-18-29-25(32)15-19-30-27(34)36-22-13-16-28(17-14-22,21-9-5-4-6-10-21)20-31-26(33)23-11-7-8-12-24(23)35-2/h3-12,22H,1,13-20H2,2H3,(H,29,32)(H,30,34)(H,31,33). The molecule has 0 aromatic heterocycles. The minimum atomic E-state index is -0.520. The second kappa shape index (κ2) is 13.3. The van der Waals surface area contributed by atoms with Gasteiger partial charge in [-0.05, 0) is 43.4 Å². The fraction of sp³-hybridized carbons (Fsp3) is 0.393. The molecule has 3 amide bonds. The summed E-state index contributed by atoms with van der Waals surface area (Å²) in [4.78, 5) is 36.8. The van der Waals surface area contributed by atoms with Crippen molar-refractivity contribution in [3.05, 3.63) is 78.4 Å². The molecule has 0 bridgehead atoms. The molecule has 2 aromatic rings. The lowest BCUT2D eigenvalue weighted by Crippen LogP contribution is -2.45. The van der Waals surface area contributed by atoms with Gasteiger partial charge in [0.15, 0.2) is 0 Å². The van der Waals surface area contributed by atoms with Gasteiger partial charge in [0.25, 0.3) is 5.91 Å². The first kappa shape index (κ1) is 26.8. The number of hydrogen-bond donors (Lipinski definition) is 3. The molecular formula is C28H35N3O5. The molecule has 2 aromatic carbocycles. The van der Waals surface area contributed by atoms with Gasteiger partial charge in [0.05, 0.1) is 12.7 Å². The van der Waals surface area contributed by atoms with Crippen molar-refractivity contribution in [3.63, 3.8) is 0 Å². The molecular weight excluding hydrogens is 458 g/mol. The molecule has 1 aliphatic rings. The molecule has 0 heterocycles. The van der Waals surface area contributed by atoms with Gasteiger partial charge in [-0.2, -0.15) is 0 Å². The summed E-state index contributed by atoms with van der Waals surface area (Å²) < 4.78 is 10.9. The summed E-state index contributed by atoms with van der Waals surface area (Å²) >= 11 is 0. The van der Waals surface area contributed by atoms with Gasteiger partial charge in [0, 0.05) is 31.5 Å². The van der Waals surface area contributed by atoms with Crippen LogP contribution in [0.5, 0.6) is 5.75 Å². The first-order valence-corrected chi connectivity index (χ1v) is 12.3. The van der Waals surface area contributed by atoms with Crippen molar-refractivity contribution in [2.24, 2.45) is 0 Å². The van der Waals surface area contributed by atoms with Crippen molar-refractivity contribution in [2.45, 2.75) is 43.6 Å². The lowest BCUT2D eigenvalue weighted by molar-refractivity contribution is -0.120. The van der Waals surface area contributed by atoms with Gasteiger partial charge < -0.3 is 25.4 Å². The van der Waals surface area contributed by atoms with E-state index in [-0.39, 0.29) is 36.3 Å². The summed E-state index contributed by atoms with van der Waals surface area (Å²) in [6, 6.07) is 17.3. The molecule has 0 radical (unpaired) electrons. The van der Waals surface area contributed by atoms with Crippen LogP contribution in [-0.4, -0.2) is 50.8 Å². The van der Waals surface area contributed by atoms with Crippen molar-refractivity contribution < 1.29 is 23.9 Å². The maximum absolute atomic E-state index is 13.0. The summed E-state index contributed by atoms with van der Waals surface area (Å²) in [5.74, 6) is 0.193. The van der Waals surface area contributed by atoms with E-state index in [1.165, 1.54) is 0 Å². The number of methoxy groups -OCH3 is 1. The molecule has 192 valence electrons. The van der Waals surface area contributed by atoms with Crippen LogP contribution in [0.25, 0.3) is 0 Å². The average molecular weight is 494 g/mol. The van der Waals surface area contributed by atoms with Gasteiger partial charge in [0.1, 0.15) is 11.9 Å². The zero-order valence-electron chi connectivity index (χ0n) is 20.8. The van der Waals surface area contributed by atoms with E-state index in [1.54, 1.807) is 25.3 Å². The van der Waals surface area contributed by atoms with Crippen molar-refractivity contribution in [1.82, 2.24) is 16.0 Å². The third kappa shape index (κ3) is 7.34. The lowest BCUT2D eigenvalue weighted by Gasteiger charge is -2.40. The molecule has 36 heavy (non-hydrogen) atoms. The number of carbonyl (C=O) groups excluding carboxylic acids is 3. The second-order valence-electron chi connectivity index (χ2n) is 8.90. The number of rotatable bonds is 11. The first-order chi connectivity index (χ1) is 17.5. The van der Waals surface area contributed by atoms with Gasteiger partial charge in [-0.15, -0.1) is 6.58 Å². The SMILES string of the molecule is C=CCNC(=O)CCNC(=O)OC1CCC(CNC(=O)c2ccccc2OC)(c2ccccc2)CC1. The Morgan fingerprint density at radius 1 is 1.00 bits per heavy atom. The predicted octanol–water partition coefficient (Wildman–Crippen LogP) is 3.72. The Balaban J connectivity index is 1.56. The topological polar surface area (TPSA) is 106 Å². The molecule has 3 rings (SSSR count). The van der Waals surface area contributed by atoms with E-state index >= 15 is 0 Å². The van der Waals surface area contributed by atoms with Gasteiger partial charge in [-0.3, -0.25) is 9.59 Å². The lowest BCUT2D eigenvalue weighted by atomic mass is 9.68. The maximum atomic E-state index is 13.0. The van der Waals surface area contributed by atoms with E-state index in [4.69, 9.17) is 9.47 Å². The summed E-state index contributed by atoms with van der Waals surface area (Å²) in [6.07, 6.45) is 3.89. The van der Waals surface area contributed by atoms with Crippen LogP contribution in [-0.2, 0) is 14.9 Å². The number of hydrogen-bond acceptors (Lipinski definition) is 5. The molecule has 0 atom stereocenters. The van der Waals surface area contributed by atoms with Crippen LogP contribution in [0.1, 0.15) is 48.0 Å². The average Bonchev–Trinajstić information content (AvgIpc) is 2.92. The number of amides is 3. The molecule has 1 fully saturated rings. The minimum absolute atomic E-state index is 0.157. The Labute approximate surface area is 212 Å². The zero-order valence-corrected chi connectivity index (χ0v) is 20.8. The Morgan fingerprint density at radius 3 is 2.39 bits per heavy atom. The van der Waals surface area contributed by atoms with Crippen LogP contribution in [0.2, 0.25) is 0 Å². The van der Waals surface area contributed by atoms with Crippen molar-refractivity contribution in [1.29, 1.82) is 0 Å². The minimum Gasteiger partial charge on any atom is -0.496 e. The van der Waals surface area contributed by atoms with E-state index in [2.05, 4.69) is 34.7 Å². The van der Waals surface area contributed by atoms with Crippen LogP contribution < -0.4 is 20.7 Å². The normalized spacial score (nSPS) is 19.0. The van der Waals surface area contributed by atoms with Crippen molar-refractivity contribution >= 4 is 17.9 Å². The highest BCUT2D eigenvalue weighted by atomic mass is 16.6. The second-order valence-corrected chi connectivity index (χ2v) is 8.90. The van der Waals surface area contributed by atoms with Gasteiger partial charge in [-0.1, -0.05) is 48.5 Å². The number of carbonyl (C=O) groups is 3. The van der Waals surface area contributed by atoms with Gasteiger partial charge in [0.2, 0.25) is 5.91 Å². The summed E-state index contributed by atoms with van der Waals surface area (Å²) in [5.41, 5.74) is 1.38. The first-order valence-electron chi connectivity index (χ1n) is 12.3. The largest absolute Gasteiger partial charge is 0.496 e. The summed E-state index contributed by atoms with van der Waals surface area (Å²) in [6.45, 7) is 4.61. The van der Waals surface area contributed by atoms with E-state index in [9.17, 15) is 14.4 Å². The molecule has 1 aliphatic carbocycles. The molecule has 8 nitrogen and oxygen atoms in total. The van der Waals surface area contributed by atoms with Gasteiger partial charge >= 0.3 is 6.09 Å². The number of nitrogens with one attached hydrogen (secondary N) is 3. The Hall–Kier alpha value is -3.81. The van der Waals surface area contributed by atoms with Crippen LogP contribution in [0.15, 0.2) is 67.3 Å². The molecule has 0 spiro atoms. The zero-order chi connectivity index (χ0) is 25.8. The molecule has 1 saturated carbocycles. The van der Waals surface area contributed by atoms with Crippen molar-refractivity contribution in [3.8, 4) is 5.75 Å². The van der Waals surface area contributed by atoms with E-state index in [0.717, 1.165) is 18.4 Å². The fourth-order valence-electron chi connectivity index (χ4n) is 4.54. The summed E-state index contributed by atoms with van der Waals surface area (Å²) in [7, 11) is 1.55. The van der Waals surface area contributed by atoms with Crippen LogP contribution in [0, 0.1) is 0 Å². The number of alkyl carbamates (subject to hydrolysis) is 1. The van der Waals surface area contributed by atoms with Crippen LogP contribution in [0.3, 0.4) is 0 Å². The summed E-state index contributed by atoms with van der Waals surface area (Å²) in [5, 5.41) is 8.41. The van der Waals surface area contributed by atoms with Crippen LogP contribution in [0.4, 0.5) is 4.79 Å². The quantitative estimate of drug-likeness (QED) is 0.414. The fourth-order valence-corrected chi connectivity index (χ4v) is 4.54.